The molecule has 0 saturated carbocycles. The van der Waals surface area contributed by atoms with Crippen molar-refractivity contribution in [1.82, 2.24) is 14.8 Å². The van der Waals surface area contributed by atoms with Crippen molar-refractivity contribution in [1.29, 1.82) is 0 Å². The molecule has 1 aromatic rings. The fourth-order valence-corrected chi connectivity index (χ4v) is 2.29. The van der Waals surface area contributed by atoms with Gasteiger partial charge in [-0.05, 0) is 12.8 Å². The number of methoxy groups -OCH3 is 1. The van der Waals surface area contributed by atoms with Gasteiger partial charge in [0.15, 0.2) is 0 Å². The van der Waals surface area contributed by atoms with Gasteiger partial charge in [-0.3, -0.25) is 4.79 Å². The van der Waals surface area contributed by atoms with E-state index >= 15 is 0 Å². The molecule has 1 heterocycles. The number of hydrogen-bond donors (Lipinski definition) is 1. The first kappa shape index (κ1) is 12.8. The molecule has 0 radical (unpaired) electrons. The van der Waals surface area contributed by atoms with Crippen LogP contribution in [0.15, 0.2) is 18.5 Å². The van der Waals surface area contributed by atoms with Gasteiger partial charge in [-0.25, -0.2) is 0 Å². The van der Waals surface area contributed by atoms with Gasteiger partial charge in [0.05, 0.1) is 12.5 Å². The molecule has 0 aromatic carbocycles. The Morgan fingerprint density at radius 3 is 3.06 bits per heavy atom. The Hall–Kier alpha value is -1.69. The van der Waals surface area contributed by atoms with Crippen LogP contribution >= 0.6 is 0 Å². The number of rotatable bonds is 5. The van der Waals surface area contributed by atoms with Crippen molar-refractivity contribution in [2.75, 3.05) is 13.7 Å². The van der Waals surface area contributed by atoms with E-state index in [9.17, 15) is 9.90 Å². The van der Waals surface area contributed by atoms with Gasteiger partial charge in [-0.1, -0.05) is 12.2 Å². The van der Waals surface area contributed by atoms with Gasteiger partial charge < -0.3 is 14.4 Å². The second-order valence-electron chi connectivity index (χ2n) is 4.37. The van der Waals surface area contributed by atoms with E-state index in [2.05, 4.69) is 10.2 Å². The smallest absolute Gasteiger partial charge is 0.307 e. The first-order valence-electron chi connectivity index (χ1n) is 5.98. The Morgan fingerprint density at radius 1 is 1.56 bits per heavy atom. The second kappa shape index (κ2) is 5.77. The summed E-state index contributed by atoms with van der Waals surface area (Å²) in [6, 6.07) is 0. The van der Waals surface area contributed by atoms with E-state index in [0.29, 0.717) is 26.0 Å². The Morgan fingerprint density at radius 2 is 2.33 bits per heavy atom. The van der Waals surface area contributed by atoms with E-state index < -0.39 is 11.9 Å². The van der Waals surface area contributed by atoms with Crippen LogP contribution in [0, 0.1) is 5.92 Å². The van der Waals surface area contributed by atoms with Gasteiger partial charge in [-0.2, -0.15) is 0 Å². The number of ether oxygens (including phenoxy) is 1. The monoisotopic (exact) mass is 251 g/mol. The molecular weight excluding hydrogens is 234 g/mol. The van der Waals surface area contributed by atoms with Crippen LogP contribution in [0.4, 0.5) is 0 Å². The first-order valence-corrected chi connectivity index (χ1v) is 5.98. The fourth-order valence-electron chi connectivity index (χ4n) is 2.29. The summed E-state index contributed by atoms with van der Waals surface area (Å²) in [5.74, 6) is -0.554. The minimum atomic E-state index is -0.773. The number of aliphatic carboxylic acids is 1. The molecule has 6 heteroatoms. The van der Waals surface area contributed by atoms with E-state index in [1.807, 2.05) is 16.7 Å². The molecule has 2 atom stereocenters. The summed E-state index contributed by atoms with van der Waals surface area (Å²) >= 11 is 0. The maximum Gasteiger partial charge on any atom is 0.307 e. The van der Waals surface area contributed by atoms with Gasteiger partial charge in [0.1, 0.15) is 12.2 Å². The molecule has 0 spiro atoms. The maximum absolute atomic E-state index is 11.3. The van der Waals surface area contributed by atoms with Gasteiger partial charge in [0.25, 0.3) is 0 Å². The van der Waals surface area contributed by atoms with Crippen LogP contribution in [-0.2, 0) is 16.1 Å². The number of hydrogen-bond acceptors (Lipinski definition) is 4. The van der Waals surface area contributed by atoms with Gasteiger partial charge in [0, 0.05) is 19.6 Å². The average molecular weight is 251 g/mol. The first-order chi connectivity index (χ1) is 8.74. The highest BCUT2D eigenvalue weighted by molar-refractivity contribution is 5.71. The molecule has 1 aliphatic carbocycles. The SMILES string of the molecule is COCCn1cnnc1[C@@H]1CC=CC[C@@H]1C(=O)O. The standard InChI is InChI=1S/C12H17N3O3/c1-18-7-6-15-8-13-14-11(15)9-4-2-3-5-10(9)12(16)17/h2-3,8-10H,4-7H2,1H3,(H,16,17)/t9-,10+/m1/s1. The average Bonchev–Trinajstić information content (AvgIpc) is 2.84. The lowest BCUT2D eigenvalue weighted by Gasteiger charge is -2.24. The van der Waals surface area contributed by atoms with Gasteiger partial charge in [0.2, 0.25) is 0 Å². The molecule has 1 aliphatic rings. The second-order valence-corrected chi connectivity index (χ2v) is 4.37. The third kappa shape index (κ3) is 2.59. The molecule has 1 aromatic heterocycles. The molecule has 6 nitrogen and oxygen atoms in total. The normalized spacial score (nSPS) is 23.2. The largest absolute Gasteiger partial charge is 0.481 e. The summed E-state index contributed by atoms with van der Waals surface area (Å²) in [4.78, 5) is 11.3. The molecule has 0 amide bonds. The minimum absolute atomic E-state index is 0.105. The van der Waals surface area contributed by atoms with E-state index in [1.165, 1.54) is 0 Å². The Kier molecular flexibility index (Phi) is 4.09. The van der Waals surface area contributed by atoms with Crippen molar-refractivity contribution in [2.45, 2.75) is 25.3 Å². The third-order valence-corrected chi connectivity index (χ3v) is 3.26. The topological polar surface area (TPSA) is 77.2 Å². The highest BCUT2D eigenvalue weighted by atomic mass is 16.5. The van der Waals surface area contributed by atoms with Crippen LogP contribution in [0.2, 0.25) is 0 Å². The van der Waals surface area contributed by atoms with Gasteiger partial charge >= 0.3 is 5.97 Å². The third-order valence-electron chi connectivity index (χ3n) is 3.26. The van der Waals surface area contributed by atoms with Crippen LogP contribution in [-0.4, -0.2) is 39.6 Å². The summed E-state index contributed by atoms with van der Waals surface area (Å²) in [5, 5.41) is 17.2. The molecule has 98 valence electrons. The summed E-state index contributed by atoms with van der Waals surface area (Å²) < 4.78 is 6.90. The maximum atomic E-state index is 11.3. The summed E-state index contributed by atoms with van der Waals surface area (Å²) in [5.41, 5.74) is 0. The Labute approximate surface area is 105 Å². The highest BCUT2D eigenvalue weighted by Crippen LogP contribution is 2.33. The highest BCUT2D eigenvalue weighted by Gasteiger charge is 2.33. The number of allylic oxidation sites excluding steroid dienone is 2. The molecule has 2 rings (SSSR count). The van der Waals surface area contributed by atoms with Crippen LogP contribution in [0.25, 0.3) is 0 Å². The molecule has 0 aliphatic heterocycles. The van der Waals surface area contributed by atoms with Crippen LogP contribution in [0.1, 0.15) is 24.6 Å². The van der Waals surface area contributed by atoms with E-state index in [4.69, 9.17) is 4.74 Å². The number of carboxylic acid groups (broad SMARTS) is 1. The summed E-state index contributed by atoms with van der Waals surface area (Å²) in [7, 11) is 1.63. The lowest BCUT2D eigenvalue weighted by Crippen LogP contribution is -2.26. The van der Waals surface area contributed by atoms with E-state index in [-0.39, 0.29) is 5.92 Å². The zero-order valence-corrected chi connectivity index (χ0v) is 10.3. The predicted molar refractivity (Wildman–Crippen MR) is 64.1 cm³/mol. The zero-order chi connectivity index (χ0) is 13.0. The van der Waals surface area contributed by atoms with Crippen molar-refractivity contribution in [3.63, 3.8) is 0 Å². The number of nitrogens with zero attached hydrogens (tertiary/aromatic N) is 3. The number of carbonyl (C=O) groups is 1. The predicted octanol–water partition coefficient (Wildman–Crippen LogP) is 1.06. The van der Waals surface area contributed by atoms with Crippen molar-refractivity contribution >= 4 is 5.97 Å². The lowest BCUT2D eigenvalue weighted by molar-refractivity contribution is -0.142. The quantitative estimate of drug-likeness (QED) is 0.792. The fraction of sp³-hybridized carbons (Fsp3) is 0.583. The summed E-state index contributed by atoms with van der Waals surface area (Å²) in [6.07, 6.45) is 6.82. The Balaban J connectivity index is 2.21. The van der Waals surface area contributed by atoms with Crippen molar-refractivity contribution in [3.8, 4) is 0 Å². The number of carboxylic acids is 1. The molecule has 1 N–H and O–H groups in total. The van der Waals surface area contributed by atoms with Crippen molar-refractivity contribution < 1.29 is 14.6 Å². The molecule has 0 unspecified atom stereocenters. The molecule has 0 saturated heterocycles. The minimum Gasteiger partial charge on any atom is -0.481 e. The van der Waals surface area contributed by atoms with Crippen LogP contribution in [0.3, 0.4) is 0 Å². The van der Waals surface area contributed by atoms with E-state index in [1.54, 1.807) is 13.4 Å². The van der Waals surface area contributed by atoms with Crippen molar-refractivity contribution in [3.05, 3.63) is 24.3 Å². The lowest BCUT2D eigenvalue weighted by atomic mass is 9.82. The molecule has 18 heavy (non-hydrogen) atoms. The number of aromatic nitrogens is 3. The van der Waals surface area contributed by atoms with Crippen LogP contribution in [0.5, 0.6) is 0 Å². The van der Waals surface area contributed by atoms with E-state index in [0.717, 1.165) is 5.82 Å². The molecule has 0 fully saturated rings. The van der Waals surface area contributed by atoms with Gasteiger partial charge in [-0.15, -0.1) is 10.2 Å². The molecule has 0 bridgehead atoms. The zero-order valence-electron chi connectivity index (χ0n) is 10.3. The van der Waals surface area contributed by atoms with Crippen molar-refractivity contribution in [2.24, 2.45) is 5.92 Å². The van der Waals surface area contributed by atoms with Crippen LogP contribution < -0.4 is 0 Å². The Bertz CT molecular complexity index is 442. The summed E-state index contributed by atoms with van der Waals surface area (Å²) in [6.45, 7) is 1.21. The molecular formula is C12H17N3O3.